The molecular formula is C24H29ClN2O7S. The highest BCUT2D eigenvalue weighted by Gasteiger charge is 2.26. The molecule has 9 nitrogen and oxygen atoms in total. The van der Waals surface area contributed by atoms with E-state index in [0.717, 1.165) is 0 Å². The van der Waals surface area contributed by atoms with Gasteiger partial charge in [0.05, 0.1) is 51.3 Å². The summed E-state index contributed by atoms with van der Waals surface area (Å²) in [4.78, 5) is 14.1. The van der Waals surface area contributed by atoms with Gasteiger partial charge in [-0.2, -0.15) is 0 Å². The van der Waals surface area contributed by atoms with Crippen LogP contribution in [-0.4, -0.2) is 76.6 Å². The van der Waals surface area contributed by atoms with E-state index in [4.69, 9.17) is 52.2 Å². The molecule has 1 unspecified atom stereocenters. The van der Waals surface area contributed by atoms with Gasteiger partial charge in [0.25, 0.3) is 0 Å². The summed E-state index contributed by atoms with van der Waals surface area (Å²) in [6, 6.07) is 6.72. The Bertz CT molecular complexity index is 1080. The van der Waals surface area contributed by atoms with Crippen LogP contribution in [0.3, 0.4) is 0 Å². The Kier molecular flexibility index (Phi) is 9.25. The van der Waals surface area contributed by atoms with Gasteiger partial charge in [0.2, 0.25) is 5.75 Å². The van der Waals surface area contributed by atoms with Crippen molar-refractivity contribution in [3.8, 4) is 28.7 Å². The van der Waals surface area contributed by atoms with E-state index in [0.29, 0.717) is 69.8 Å². The quantitative estimate of drug-likeness (QED) is 0.383. The Morgan fingerprint density at radius 1 is 1.09 bits per heavy atom. The van der Waals surface area contributed by atoms with Gasteiger partial charge in [-0.3, -0.25) is 4.79 Å². The number of nitrogens with zero attached hydrogens (tertiary/aromatic N) is 1. The molecule has 1 atom stereocenters. The molecule has 1 fully saturated rings. The molecule has 0 spiro atoms. The lowest BCUT2D eigenvalue weighted by Crippen LogP contribution is -2.49. The minimum absolute atomic E-state index is 0.148. The molecule has 1 N–H and O–H groups in total. The van der Waals surface area contributed by atoms with E-state index < -0.39 is 0 Å². The van der Waals surface area contributed by atoms with Crippen molar-refractivity contribution in [2.24, 2.45) is 0 Å². The molecule has 0 saturated carbocycles. The van der Waals surface area contributed by atoms with E-state index in [2.05, 4.69) is 5.32 Å². The molecule has 1 heterocycles. The fourth-order valence-corrected chi connectivity index (χ4v) is 4.16. The number of ketones is 1. The lowest BCUT2D eigenvalue weighted by Gasteiger charge is -2.35. The summed E-state index contributed by atoms with van der Waals surface area (Å²) < 4.78 is 33.4. The molecule has 11 heteroatoms. The van der Waals surface area contributed by atoms with Crippen LogP contribution >= 0.6 is 23.8 Å². The summed E-state index contributed by atoms with van der Waals surface area (Å²) in [6.07, 6.45) is -0.305. The summed E-state index contributed by atoms with van der Waals surface area (Å²) in [7, 11) is 6.11. The first-order valence-corrected chi connectivity index (χ1v) is 11.6. The number of ether oxygens (including phenoxy) is 6. The zero-order chi connectivity index (χ0) is 25.5. The normalized spacial score (nSPS) is 15.3. The number of rotatable bonds is 9. The number of benzene rings is 2. The molecule has 3 rings (SSSR count). The monoisotopic (exact) mass is 524 g/mol. The van der Waals surface area contributed by atoms with Crippen molar-refractivity contribution >= 4 is 40.4 Å². The first kappa shape index (κ1) is 26.7. The van der Waals surface area contributed by atoms with Gasteiger partial charge in [-0.25, -0.2) is 0 Å². The predicted octanol–water partition coefficient (Wildman–Crippen LogP) is 4.05. The number of thiocarbonyl (C=S) groups is 1. The largest absolute Gasteiger partial charge is 0.495 e. The van der Waals surface area contributed by atoms with Crippen LogP contribution in [0.4, 0.5) is 5.69 Å². The number of carbonyl (C=O) groups is 1. The van der Waals surface area contributed by atoms with Gasteiger partial charge in [-0.1, -0.05) is 11.6 Å². The molecule has 0 radical (unpaired) electrons. The Hall–Kier alpha value is -2.95. The van der Waals surface area contributed by atoms with Gasteiger partial charge >= 0.3 is 0 Å². The van der Waals surface area contributed by atoms with Crippen LogP contribution in [0.5, 0.6) is 28.7 Å². The van der Waals surface area contributed by atoms with Crippen molar-refractivity contribution in [2.75, 3.05) is 60.1 Å². The molecule has 1 aliphatic rings. The van der Waals surface area contributed by atoms with Crippen molar-refractivity contribution in [1.82, 2.24) is 4.90 Å². The molecular weight excluding hydrogens is 496 g/mol. The first-order chi connectivity index (χ1) is 16.8. The van der Waals surface area contributed by atoms with Crippen molar-refractivity contribution < 1.29 is 33.2 Å². The Morgan fingerprint density at radius 2 is 1.80 bits per heavy atom. The van der Waals surface area contributed by atoms with E-state index in [1.165, 1.54) is 28.3 Å². The highest BCUT2D eigenvalue weighted by Crippen LogP contribution is 2.40. The van der Waals surface area contributed by atoms with Crippen LogP contribution in [0.25, 0.3) is 0 Å². The van der Waals surface area contributed by atoms with Gasteiger partial charge in [0, 0.05) is 25.2 Å². The SMILES string of the molecule is COc1cc(NC(=S)N2CCOC(COc3c(C(C)=O)ccc(OC)c3OC)C2)c(OC)cc1Cl. The average molecular weight is 525 g/mol. The zero-order valence-corrected chi connectivity index (χ0v) is 21.9. The Morgan fingerprint density at radius 3 is 2.43 bits per heavy atom. The van der Waals surface area contributed by atoms with Gasteiger partial charge in [-0.15, -0.1) is 0 Å². The molecule has 190 valence electrons. The predicted molar refractivity (Wildman–Crippen MR) is 137 cm³/mol. The summed E-state index contributed by atoms with van der Waals surface area (Å²) in [5.74, 6) is 2.03. The number of methoxy groups -OCH3 is 4. The molecule has 2 aromatic carbocycles. The van der Waals surface area contributed by atoms with Crippen LogP contribution in [0.15, 0.2) is 24.3 Å². The standard InChI is InChI=1S/C24H29ClN2O7S/c1-14(28)16-6-7-19(29-2)23(32-5)22(16)34-13-15-12-27(8-9-33-15)24(35)26-18-11-20(30-3)17(25)10-21(18)31-4/h6-7,10-11,15H,8-9,12-13H2,1-5H3,(H,26,35). The fourth-order valence-electron chi connectivity index (χ4n) is 3.65. The van der Waals surface area contributed by atoms with Crippen molar-refractivity contribution in [3.63, 3.8) is 0 Å². The molecule has 0 aromatic heterocycles. The Balaban J connectivity index is 1.71. The third kappa shape index (κ3) is 6.19. The second-order valence-corrected chi connectivity index (χ2v) is 8.39. The number of hydrogen-bond donors (Lipinski definition) is 1. The van der Waals surface area contributed by atoms with Gasteiger partial charge in [0.1, 0.15) is 24.2 Å². The van der Waals surface area contributed by atoms with E-state index in [9.17, 15) is 4.79 Å². The summed E-state index contributed by atoms with van der Waals surface area (Å²) in [6.45, 7) is 3.17. The third-order valence-corrected chi connectivity index (χ3v) is 6.09. The first-order valence-electron chi connectivity index (χ1n) is 10.8. The minimum Gasteiger partial charge on any atom is -0.495 e. The highest BCUT2D eigenvalue weighted by atomic mass is 35.5. The lowest BCUT2D eigenvalue weighted by molar-refractivity contribution is -0.0285. The topological polar surface area (TPSA) is 87.7 Å². The second kappa shape index (κ2) is 12.1. The molecule has 35 heavy (non-hydrogen) atoms. The number of Topliss-reactive ketones (excluding diaryl/α,β-unsaturated/α-hetero) is 1. The van der Waals surface area contributed by atoms with Gasteiger partial charge < -0.3 is 38.6 Å². The molecule has 1 aliphatic heterocycles. The smallest absolute Gasteiger partial charge is 0.204 e. The van der Waals surface area contributed by atoms with Gasteiger partial charge in [0.15, 0.2) is 22.4 Å². The maximum absolute atomic E-state index is 12.2. The number of halogens is 1. The number of morpholine rings is 1. The molecule has 2 aromatic rings. The summed E-state index contributed by atoms with van der Waals surface area (Å²) in [5.41, 5.74) is 1.03. The van der Waals surface area contributed by atoms with E-state index in [1.54, 1.807) is 31.4 Å². The maximum Gasteiger partial charge on any atom is 0.204 e. The van der Waals surface area contributed by atoms with Crippen LogP contribution < -0.4 is 29.0 Å². The number of carbonyl (C=O) groups excluding carboxylic acids is 1. The number of nitrogens with one attached hydrogen (secondary N) is 1. The number of anilines is 1. The summed E-state index contributed by atoms with van der Waals surface area (Å²) >= 11 is 11.8. The molecule has 1 saturated heterocycles. The molecule has 0 amide bonds. The average Bonchev–Trinajstić information content (AvgIpc) is 2.87. The van der Waals surface area contributed by atoms with Crippen molar-refractivity contribution in [3.05, 3.63) is 34.9 Å². The highest BCUT2D eigenvalue weighted by molar-refractivity contribution is 7.80. The van der Waals surface area contributed by atoms with Crippen molar-refractivity contribution in [1.29, 1.82) is 0 Å². The van der Waals surface area contributed by atoms with E-state index >= 15 is 0 Å². The molecule has 0 aliphatic carbocycles. The maximum atomic E-state index is 12.2. The van der Waals surface area contributed by atoms with Crippen LogP contribution in [0.2, 0.25) is 5.02 Å². The lowest BCUT2D eigenvalue weighted by atomic mass is 10.1. The second-order valence-electron chi connectivity index (χ2n) is 7.60. The van der Waals surface area contributed by atoms with Crippen LogP contribution in [-0.2, 0) is 4.74 Å². The molecule has 0 bridgehead atoms. The van der Waals surface area contributed by atoms with E-state index in [1.807, 2.05) is 4.90 Å². The Labute approximate surface area is 215 Å². The van der Waals surface area contributed by atoms with Crippen molar-refractivity contribution in [2.45, 2.75) is 13.0 Å². The minimum atomic E-state index is -0.305. The number of hydrogen-bond acceptors (Lipinski definition) is 8. The zero-order valence-electron chi connectivity index (χ0n) is 20.3. The fraction of sp³-hybridized carbons (Fsp3) is 0.417. The van der Waals surface area contributed by atoms with Crippen LogP contribution in [0, 0.1) is 0 Å². The van der Waals surface area contributed by atoms with Crippen LogP contribution in [0.1, 0.15) is 17.3 Å². The summed E-state index contributed by atoms with van der Waals surface area (Å²) in [5, 5.41) is 4.12. The third-order valence-electron chi connectivity index (χ3n) is 5.43. The van der Waals surface area contributed by atoms with E-state index in [-0.39, 0.29) is 18.5 Å². The van der Waals surface area contributed by atoms with Gasteiger partial charge in [-0.05, 0) is 31.3 Å².